The van der Waals surface area contributed by atoms with Crippen molar-refractivity contribution in [2.45, 2.75) is 19.6 Å². The smallest absolute Gasteiger partial charge is 0.295 e. The molecule has 1 unspecified atom stereocenters. The summed E-state index contributed by atoms with van der Waals surface area (Å²) in [6.07, 6.45) is 0.319. The zero-order chi connectivity index (χ0) is 10.2. The van der Waals surface area contributed by atoms with E-state index in [9.17, 15) is 4.79 Å². The van der Waals surface area contributed by atoms with E-state index in [0.29, 0.717) is 13.1 Å². The third-order valence-corrected chi connectivity index (χ3v) is 1.72. The molecule has 0 amide bonds. The number of carbonyl (C=O) groups is 1. The Hall–Kier alpha value is -1.35. The molecule has 1 aromatic carbocycles. The van der Waals surface area contributed by atoms with Crippen molar-refractivity contribution in [1.29, 1.82) is 0 Å². The van der Waals surface area contributed by atoms with Gasteiger partial charge in [0, 0.05) is 5.56 Å². The molecule has 0 spiro atoms. The monoisotopic (exact) mass is 194 g/mol. The Balaban J connectivity index is 2.62. The molecule has 0 aromatic heterocycles. The van der Waals surface area contributed by atoms with E-state index in [-0.39, 0.29) is 0 Å². The zero-order valence-electron chi connectivity index (χ0n) is 8.18. The molecule has 76 valence electrons. The first kappa shape index (κ1) is 10.7. The molecule has 1 rings (SSSR count). The molecule has 0 bridgehead atoms. The van der Waals surface area contributed by atoms with Gasteiger partial charge < -0.3 is 9.47 Å². The Kier molecular flexibility index (Phi) is 4.72. The highest BCUT2D eigenvalue weighted by atomic mass is 16.7. The second-order valence-electron chi connectivity index (χ2n) is 2.85. The Morgan fingerprint density at radius 2 is 2.07 bits per heavy atom. The molecule has 0 radical (unpaired) electrons. The fourth-order valence-electron chi connectivity index (χ4n) is 1.10. The van der Waals surface area contributed by atoms with Gasteiger partial charge >= 0.3 is 0 Å². The third kappa shape index (κ3) is 3.18. The molecule has 3 heteroatoms. The second kappa shape index (κ2) is 6.16. The molecule has 0 N–H and O–H groups in total. The lowest BCUT2D eigenvalue weighted by molar-refractivity contribution is -0.166. The van der Waals surface area contributed by atoms with E-state index in [2.05, 4.69) is 0 Å². The minimum Gasteiger partial charge on any atom is -0.433 e. The average molecular weight is 194 g/mol. The van der Waals surface area contributed by atoms with Crippen LogP contribution in [0.4, 0.5) is 0 Å². The molecule has 0 fully saturated rings. The molecular formula is C11H14O3. The summed E-state index contributed by atoms with van der Waals surface area (Å²) < 4.78 is 10.2. The maximum absolute atomic E-state index is 10.2. The van der Waals surface area contributed by atoms with Crippen molar-refractivity contribution in [3.05, 3.63) is 35.9 Å². The van der Waals surface area contributed by atoms with E-state index >= 15 is 0 Å². The molecule has 0 heterocycles. The van der Waals surface area contributed by atoms with Crippen LogP contribution < -0.4 is 0 Å². The van der Waals surface area contributed by atoms with Gasteiger partial charge in [0.2, 0.25) is 6.29 Å². The number of ether oxygens (including phenoxy) is 2. The minimum absolute atomic E-state index is 0.410. The van der Waals surface area contributed by atoms with E-state index in [1.807, 2.05) is 37.3 Å². The van der Waals surface area contributed by atoms with Crippen molar-refractivity contribution in [2.75, 3.05) is 6.61 Å². The number of benzene rings is 1. The van der Waals surface area contributed by atoms with Gasteiger partial charge in [-0.3, -0.25) is 4.79 Å². The standard InChI is InChI=1S/C11H14O3/c1-2-8-13-11(14-9-12)10-6-4-3-5-7-10/h3-7,9,11H,2,8H2,1H3. The average Bonchev–Trinajstić information content (AvgIpc) is 2.25. The molecule has 3 nitrogen and oxygen atoms in total. The molecule has 1 atom stereocenters. The Morgan fingerprint density at radius 1 is 1.36 bits per heavy atom. The van der Waals surface area contributed by atoms with Crippen LogP contribution in [0.1, 0.15) is 25.2 Å². The summed E-state index contributed by atoms with van der Waals surface area (Å²) in [5, 5.41) is 0. The third-order valence-electron chi connectivity index (χ3n) is 1.72. The van der Waals surface area contributed by atoms with Crippen LogP contribution in [0.5, 0.6) is 0 Å². The summed E-state index contributed by atoms with van der Waals surface area (Å²) >= 11 is 0. The lowest BCUT2D eigenvalue weighted by atomic mass is 10.2. The summed E-state index contributed by atoms with van der Waals surface area (Å²) in [6, 6.07) is 9.40. The summed E-state index contributed by atoms with van der Waals surface area (Å²) in [6.45, 7) is 2.99. The van der Waals surface area contributed by atoms with Crippen LogP contribution in [-0.4, -0.2) is 13.1 Å². The Bertz CT molecular complexity index is 258. The van der Waals surface area contributed by atoms with Crippen LogP contribution in [0, 0.1) is 0 Å². The van der Waals surface area contributed by atoms with Gasteiger partial charge in [-0.15, -0.1) is 0 Å². The minimum atomic E-state index is -0.575. The van der Waals surface area contributed by atoms with Crippen LogP contribution in [0.15, 0.2) is 30.3 Å². The summed E-state index contributed by atoms with van der Waals surface area (Å²) in [4.78, 5) is 10.2. The van der Waals surface area contributed by atoms with Gasteiger partial charge in [0.05, 0.1) is 6.61 Å². The van der Waals surface area contributed by atoms with E-state index in [1.54, 1.807) is 0 Å². The first-order valence-electron chi connectivity index (χ1n) is 4.64. The normalized spacial score (nSPS) is 12.1. The first-order valence-corrected chi connectivity index (χ1v) is 4.64. The van der Waals surface area contributed by atoms with Gasteiger partial charge in [0.15, 0.2) is 0 Å². The Morgan fingerprint density at radius 3 is 2.64 bits per heavy atom. The number of hydrogen-bond acceptors (Lipinski definition) is 3. The highest BCUT2D eigenvalue weighted by Crippen LogP contribution is 2.17. The van der Waals surface area contributed by atoms with Crippen LogP contribution in [-0.2, 0) is 14.3 Å². The van der Waals surface area contributed by atoms with E-state index < -0.39 is 6.29 Å². The highest BCUT2D eigenvalue weighted by Gasteiger charge is 2.10. The molecule has 0 aliphatic heterocycles. The van der Waals surface area contributed by atoms with Gasteiger partial charge in [0.1, 0.15) is 0 Å². The van der Waals surface area contributed by atoms with Gasteiger partial charge in [-0.2, -0.15) is 0 Å². The Labute approximate surface area is 83.6 Å². The largest absolute Gasteiger partial charge is 0.433 e. The summed E-state index contributed by atoms with van der Waals surface area (Å²) in [5.74, 6) is 0. The van der Waals surface area contributed by atoms with Gasteiger partial charge in [-0.25, -0.2) is 0 Å². The molecular weight excluding hydrogens is 180 g/mol. The predicted octanol–water partition coefficient (Wildman–Crippen LogP) is 2.28. The summed E-state index contributed by atoms with van der Waals surface area (Å²) in [5.41, 5.74) is 0.855. The molecule has 14 heavy (non-hydrogen) atoms. The van der Waals surface area contributed by atoms with E-state index in [1.165, 1.54) is 0 Å². The van der Waals surface area contributed by atoms with E-state index in [0.717, 1.165) is 12.0 Å². The van der Waals surface area contributed by atoms with Gasteiger partial charge in [-0.1, -0.05) is 37.3 Å². The van der Waals surface area contributed by atoms with Crippen LogP contribution in [0.25, 0.3) is 0 Å². The number of carbonyl (C=O) groups excluding carboxylic acids is 1. The SMILES string of the molecule is CCCOC(OC=O)c1ccccc1. The molecule has 0 aliphatic carbocycles. The quantitative estimate of drug-likeness (QED) is 0.515. The van der Waals surface area contributed by atoms with Crippen LogP contribution in [0.3, 0.4) is 0 Å². The highest BCUT2D eigenvalue weighted by molar-refractivity contribution is 5.38. The van der Waals surface area contributed by atoms with E-state index in [4.69, 9.17) is 9.47 Å². The fraction of sp³-hybridized carbons (Fsp3) is 0.364. The molecule has 0 saturated carbocycles. The predicted molar refractivity (Wildman–Crippen MR) is 52.6 cm³/mol. The fourth-order valence-corrected chi connectivity index (χ4v) is 1.10. The van der Waals surface area contributed by atoms with Crippen LogP contribution in [0.2, 0.25) is 0 Å². The second-order valence-corrected chi connectivity index (χ2v) is 2.85. The molecule has 0 saturated heterocycles. The van der Waals surface area contributed by atoms with Crippen molar-refractivity contribution >= 4 is 6.47 Å². The number of rotatable bonds is 6. The number of hydrogen-bond donors (Lipinski definition) is 0. The van der Waals surface area contributed by atoms with Crippen molar-refractivity contribution < 1.29 is 14.3 Å². The topological polar surface area (TPSA) is 35.5 Å². The maximum Gasteiger partial charge on any atom is 0.295 e. The molecule has 0 aliphatic rings. The maximum atomic E-state index is 10.2. The van der Waals surface area contributed by atoms with Crippen molar-refractivity contribution in [2.24, 2.45) is 0 Å². The van der Waals surface area contributed by atoms with Gasteiger partial charge in [0.25, 0.3) is 6.47 Å². The van der Waals surface area contributed by atoms with Crippen molar-refractivity contribution in [3.63, 3.8) is 0 Å². The first-order chi connectivity index (χ1) is 6.88. The lowest BCUT2D eigenvalue weighted by Gasteiger charge is -2.15. The molecule has 1 aromatic rings. The van der Waals surface area contributed by atoms with Gasteiger partial charge in [-0.05, 0) is 6.42 Å². The van der Waals surface area contributed by atoms with Crippen LogP contribution >= 0.6 is 0 Å². The summed E-state index contributed by atoms with van der Waals surface area (Å²) in [7, 11) is 0. The lowest BCUT2D eigenvalue weighted by Crippen LogP contribution is -2.08. The zero-order valence-corrected chi connectivity index (χ0v) is 8.18. The van der Waals surface area contributed by atoms with Crippen molar-refractivity contribution in [1.82, 2.24) is 0 Å². The van der Waals surface area contributed by atoms with Crippen molar-refractivity contribution in [3.8, 4) is 0 Å².